The average molecular weight is 260 g/mol. The number of anilines is 1. The number of ether oxygens (including phenoxy) is 1. The largest absolute Gasteiger partial charge is 0.382 e. The SMILES string of the molecule is CCOCCC1(CNc2cnc(C#N)cn2)CCC1. The van der Waals surface area contributed by atoms with E-state index in [4.69, 9.17) is 10.00 Å². The third-order valence-electron chi connectivity index (χ3n) is 3.81. The van der Waals surface area contributed by atoms with Gasteiger partial charge in [-0.15, -0.1) is 0 Å². The van der Waals surface area contributed by atoms with Crippen molar-refractivity contribution in [3.05, 3.63) is 18.1 Å². The molecule has 0 aromatic carbocycles. The third-order valence-corrected chi connectivity index (χ3v) is 3.81. The van der Waals surface area contributed by atoms with E-state index in [0.29, 0.717) is 11.1 Å². The van der Waals surface area contributed by atoms with Gasteiger partial charge in [0.05, 0.1) is 12.4 Å². The van der Waals surface area contributed by atoms with Crippen LogP contribution >= 0.6 is 0 Å². The van der Waals surface area contributed by atoms with Crippen LogP contribution in [0.1, 0.15) is 38.3 Å². The average Bonchev–Trinajstić information content (AvgIpc) is 2.41. The molecule has 0 aliphatic heterocycles. The number of nitriles is 1. The second-order valence-corrected chi connectivity index (χ2v) is 5.05. The van der Waals surface area contributed by atoms with Gasteiger partial charge in [0.2, 0.25) is 0 Å². The predicted octanol–water partition coefficient (Wildman–Crippen LogP) is 2.36. The zero-order chi connectivity index (χ0) is 13.6. The lowest BCUT2D eigenvalue weighted by Crippen LogP contribution is -2.37. The quantitative estimate of drug-likeness (QED) is 0.762. The van der Waals surface area contributed by atoms with Crippen molar-refractivity contribution in [3.8, 4) is 6.07 Å². The highest BCUT2D eigenvalue weighted by molar-refractivity contribution is 5.33. The Labute approximate surface area is 114 Å². The van der Waals surface area contributed by atoms with Gasteiger partial charge in [-0.1, -0.05) is 6.42 Å². The van der Waals surface area contributed by atoms with Crippen LogP contribution in [0.2, 0.25) is 0 Å². The number of nitrogens with one attached hydrogen (secondary N) is 1. The Morgan fingerprint density at radius 3 is 2.79 bits per heavy atom. The molecule has 1 fully saturated rings. The maximum absolute atomic E-state index is 8.67. The first kappa shape index (κ1) is 13.8. The summed E-state index contributed by atoms with van der Waals surface area (Å²) >= 11 is 0. The molecule has 1 aliphatic rings. The minimum absolute atomic E-state index is 0.347. The molecule has 19 heavy (non-hydrogen) atoms. The van der Waals surface area contributed by atoms with Crippen molar-refractivity contribution in [2.45, 2.75) is 32.6 Å². The van der Waals surface area contributed by atoms with Crippen LogP contribution in [0.15, 0.2) is 12.4 Å². The van der Waals surface area contributed by atoms with Gasteiger partial charge in [-0.05, 0) is 31.6 Å². The van der Waals surface area contributed by atoms with Gasteiger partial charge in [-0.2, -0.15) is 5.26 Å². The summed E-state index contributed by atoms with van der Waals surface area (Å²) in [6.45, 7) is 4.54. The highest BCUT2D eigenvalue weighted by Crippen LogP contribution is 2.43. The van der Waals surface area contributed by atoms with Crippen molar-refractivity contribution < 1.29 is 4.74 Å². The van der Waals surface area contributed by atoms with E-state index in [1.54, 1.807) is 6.20 Å². The molecular formula is C14H20N4O. The number of hydrogen-bond acceptors (Lipinski definition) is 5. The molecule has 0 unspecified atom stereocenters. The summed E-state index contributed by atoms with van der Waals surface area (Å²) in [7, 11) is 0. The Morgan fingerprint density at radius 1 is 1.42 bits per heavy atom. The lowest BCUT2D eigenvalue weighted by atomic mass is 9.67. The van der Waals surface area contributed by atoms with Gasteiger partial charge in [-0.3, -0.25) is 0 Å². The summed E-state index contributed by atoms with van der Waals surface area (Å²) in [6.07, 6.45) is 8.00. The van der Waals surface area contributed by atoms with Gasteiger partial charge in [0.15, 0.2) is 5.69 Å². The standard InChI is InChI=1S/C14H20N4O/c1-2-19-7-6-14(4-3-5-14)11-18-13-10-16-12(8-15)9-17-13/h9-10H,2-7,11H2,1H3,(H,17,18). The zero-order valence-corrected chi connectivity index (χ0v) is 11.4. The molecule has 1 aliphatic carbocycles. The van der Waals surface area contributed by atoms with E-state index in [2.05, 4.69) is 15.3 Å². The molecule has 1 saturated carbocycles. The van der Waals surface area contributed by atoms with Gasteiger partial charge >= 0.3 is 0 Å². The molecule has 5 nitrogen and oxygen atoms in total. The molecular weight excluding hydrogens is 240 g/mol. The van der Waals surface area contributed by atoms with Gasteiger partial charge < -0.3 is 10.1 Å². The van der Waals surface area contributed by atoms with E-state index in [1.165, 1.54) is 25.5 Å². The highest BCUT2D eigenvalue weighted by Gasteiger charge is 2.36. The number of aromatic nitrogens is 2. The van der Waals surface area contributed by atoms with Crippen molar-refractivity contribution in [1.29, 1.82) is 5.26 Å². The lowest BCUT2D eigenvalue weighted by molar-refractivity contribution is 0.0636. The zero-order valence-electron chi connectivity index (χ0n) is 11.4. The molecule has 0 radical (unpaired) electrons. The van der Waals surface area contributed by atoms with Gasteiger partial charge in [0.25, 0.3) is 0 Å². The van der Waals surface area contributed by atoms with E-state index in [1.807, 2.05) is 13.0 Å². The Kier molecular flexibility index (Phi) is 4.69. The summed E-state index contributed by atoms with van der Waals surface area (Å²) in [4.78, 5) is 8.19. The number of hydrogen-bond donors (Lipinski definition) is 1. The molecule has 2 rings (SSSR count). The lowest BCUT2D eigenvalue weighted by Gasteiger charge is -2.42. The van der Waals surface area contributed by atoms with Crippen molar-refractivity contribution in [2.24, 2.45) is 5.41 Å². The predicted molar refractivity (Wildman–Crippen MR) is 72.6 cm³/mol. The molecule has 5 heteroatoms. The van der Waals surface area contributed by atoms with Gasteiger partial charge in [0.1, 0.15) is 11.9 Å². The molecule has 1 aromatic rings. The highest BCUT2D eigenvalue weighted by atomic mass is 16.5. The van der Waals surface area contributed by atoms with E-state index in [9.17, 15) is 0 Å². The minimum atomic E-state index is 0.347. The van der Waals surface area contributed by atoms with Crippen molar-refractivity contribution in [1.82, 2.24) is 9.97 Å². The van der Waals surface area contributed by atoms with Gasteiger partial charge in [-0.25, -0.2) is 9.97 Å². The molecule has 1 N–H and O–H groups in total. The second kappa shape index (κ2) is 6.48. The van der Waals surface area contributed by atoms with Crippen LogP contribution in [0.4, 0.5) is 5.82 Å². The van der Waals surface area contributed by atoms with E-state index in [-0.39, 0.29) is 0 Å². The summed E-state index contributed by atoms with van der Waals surface area (Å²) in [6, 6.07) is 1.97. The van der Waals surface area contributed by atoms with Crippen molar-refractivity contribution in [3.63, 3.8) is 0 Å². The molecule has 1 aromatic heterocycles. The molecule has 0 spiro atoms. The Balaban J connectivity index is 1.83. The van der Waals surface area contributed by atoms with E-state index >= 15 is 0 Å². The first-order chi connectivity index (χ1) is 9.28. The van der Waals surface area contributed by atoms with Gasteiger partial charge in [0, 0.05) is 19.8 Å². The van der Waals surface area contributed by atoms with Crippen molar-refractivity contribution >= 4 is 5.82 Å². The molecule has 0 bridgehead atoms. The molecule has 0 amide bonds. The minimum Gasteiger partial charge on any atom is -0.382 e. The Morgan fingerprint density at radius 2 is 2.26 bits per heavy atom. The number of rotatable bonds is 7. The van der Waals surface area contributed by atoms with Crippen LogP contribution in [-0.4, -0.2) is 29.7 Å². The maximum Gasteiger partial charge on any atom is 0.158 e. The van der Waals surface area contributed by atoms with Crippen LogP contribution in [0.25, 0.3) is 0 Å². The van der Waals surface area contributed by atoms with Crippen LogP contribution in [-0.2, 0) is 4.74 Å². The fourth-order valence-corrected chi connectivity index (χ4v) is 2.38. The number of nitrogens with zero attached hydrogens (tertiary/aromatic N) is 3. The summed E-state index contributed by atoms with van der Waals surface area (Å²) in [5, 5.41) is 12.0. The van der Waals surface area contributed by atoms with Crippen LogP contribution < -0.4 is 5.32 Å². The van der Waals surface area contributed by atoms with Crippen LogP contribution in [0.5, 0.6) is 0 Å². The fraction of sp³-hybridized carbons (Fsp3) is 0.643. The summed E-state index contributed by atoms with van der Waals surface area (Å²) in [5.41, 5.74) is 0.699. The Bertz CT molecular complexity index is 434. The maximum atomic E-state index is 8.67. The molecule has 0 saturated heterocycles. The second-order valence-electron chi connectivity index (χ2n) is 5.05. The van der Waals surface area contributed by atoms with E-state index in [0.717, 1.165) is 32.0 Å². The topological polar surface area (TPSA) is 70.8 Å². The Hall–Kier alpha value is -1.67. The molecule has 102 valence electrons. The van der Waals surface area contributed by atoms with Crippen molar-refractivity contribution in [2.75, 3.05) is 25.1 Å². The summed E-state index contributed by atoms with van der Waals surface area (Å²) in [5.74, 6) is 0.738. The fourth-order valence-electron chi connectivity index (χ4n) is 2.38. The van der Waals surface area contributed by atoms with Crippen LogP contribution in [0, 0.1) is 16.7 Å². The van der Waals surface area contributed by atoms with Crippen LogP contribution in [0.3, 0.4) is 0 Å². The first-order valence-electron chi connectivity index (χ1n) is 6.82. The third kappa shape index (κ3) is 3.65. The summed E-state index contributed by atoms with van der Waals surface area (Å²) < 4.78 is 5.46. The first-order valence-corrected chi connectivity index (χ1v) is 6.82. The molecule has 1 heterocycles. The smallest absolute Gasteiger partial charge is 0.158 e. The normalized spacial score (nSPS) is 16.4. The monoisotopic (exact) mass is 260 g/mol. The van der Waals surface area contributed by atoms with E-state index < -0.39 is 0 Å². The molecule has 0 atom stereocenters.